The molecule has 1 unspecified atom stereocenters. The van der Waals surface area contributed by atoms with Gasteiger partial charge in [0.25, 0.3) is 0 Å². The molecule has 0 amide bonds. The van der Waals surface area contributed by atoms with Gasteiger partial charge in [-0.2, -0.15) is 0 Å². The fourth-order valence-corrected chi connectivity index (χ4v) is 7.47. The van der Waals surface area contributed by atoms with Crippen molar-refractivity contribution in [2.75, 3.05) is 6.61 Å². The van der Waals surface area contributed by atoms with Gasteiger partial charge in [0.05, 0.1) is 0 Å². The Hall–Kier alpha value is 0.579. The van der Waals surface area contributed by atoms with Crippen molar-refractivity contribution >= 4 is 34.4 Å². The van der Waals surface area contributed by atoms with Crippen LogP contribution >= 0.6 is 17.8 Å². The predicted molar refractivity (Wildman–Crippen MR) is 68.9 cm³/mol. The molecule has 1 atom stereocenters. The van der Waals surface area contributed by atoms with E-state index in [-0.39, 0.29) is 6.04 Å². The third-order valence-electron chi connectivity index (χ3n) is 2.24. The van der Waals surface area contributed by atoms with Crippen LogP contribution in [0.4, 0.5) is 0 Å². The summed E-state index contributed by atoms with van der Waals surface area (Å²) in [5.74, 6) is 0.812. The molecule has 1 aromatic heterocycles. The van der Waals surface area contributed by atoms with Crippen LogP contribution in [0.3, 0.4) is 0 Å². The van der Waals surface area contributed by atoms with Gasteiger partial charge in [-0.1, -0.05) is 0 Å². The van der Waals surface area contributed by atoms with Crippen molar-refractivity contribution < 1.29 is 7.49 Å². The average molecular weight is 373 g/mol. The molecule has 16 heavy (non-hydrogen) atoms. The predicted octanol–water partition coefficient (Wildman–Crippen LogP) is 3.29. The first kappa shape index (κ1) is 14.6. The van der Waals surface area contributed by atoms with Crippen molar-refractivity contribution in [3.63, 3.8) is 0 Å². The summed E-state index contributed by atoms with van der Waals surface area (Å²) < 4.78 is 11.4. The molecule has 3 nitrogen and oxygen atoms in total. The molecule has 0 aromatic carbocycles. The summed E-state index contributed by atoms with van der Waals surface area (Å²) >= 11 is -3.28. The van der Waals surface area contributed by atoms with E-state index >= 15 is 0 Å². The van der Waals surface area contributed by atoms with Gasteiger partial charge in [-0.25, -0.2) is 0 Å². The van der Waals surface area contributed by atoms with Gasteiger partial charge >= 0.3 is 109 Å². The van der Waals surface area contributed by atoms with Crippen molar-refractivity contribution in [1.82, 2.24) is 0 Å². The molecule has 0 radical (unpaired) electrons. The number of nitrogens with two attached hydrogens (primary N) is 1. The zero-order valence-electron chi connectivity index (χ0n) is 9.50. The van der Waals surface area contributed by atoms with E-state index in [9.17, 15) is 0 Å². The van der Waals surface area contributed by atoms with Gasteiger partial charge in [0, 0.05) is 0 Å². The Labute approximate surface area is 108 Å². The van der Waals surface area contributed by atoms with E-state index in [0.29, 0.717) is 11.0 Å². The summed E-state index contributed by atoms with van der Waals surface area (Å²) in [6.45, 7) is 4.37. The first-order valence-corrected chi connectivity index (χ1v) is 15.7. The van der Waals surface area contributed by atoms with Crippen molar-refractivity contribution in [3.8, 4) is 0 Å². The Morgan fingerprint density at radius 1 is 1.56 bits per heavy atom. The minimum absolute atomic E-state index is 0.104. The minimum atomic E-state index is -3.28. The zero-order valence-corrected chi connectivity index (χ0v) is 13.9. The van der Waals surface area contributed by atoms with Crippen LogP contribution in [0.5, 0.6) is 0 Å². The van der Waals surface area contributed by atoms with E-state index in [4.69, 9.17) is 31.1 Å². The van der Waals surface area contributed by atoms with Gasteiger partial charge in [0.15, 0.2) is 0 Å². The molecule has 0 fully saturated rings. The topological polar surface area (TPSA) is 48.4 Å². The number of furan rings is 1. The molecule has 0 bridgehead atoms. The maximum absolute atomic E-state index is 6.18. The standard InChI is InChI=1S/C8H12NO.C2H5O.2ClH.Sn/c1-3-7-4-5-10-8(7)6(2)9;1-2-3;;;/h4-6H,1,3,9H2,2H3;2H2,1H3;2*1H;/q;-1;;;+3/p-2. The molecular formula is C10H17Cl2NO2Sn. The summed E-state index contributed by atoms with van der Waals surface area (Å²) in [5, 5.41) is 0. The fourth-order valence-electron chi connectivity index (χ4n) is 1.52. The number of rotatable bonds is 6. The van der Waals surface area contributed by atoms with Gasteiger partial charge in [0.2, 0.25) is 0 Å². The first-order valence-electron chi connectivity index (χ1n) is 5.30. The van der Waals surface area contributed by atoms with Crippen LogP contribution in [0.1, 0.15) is 31.2 Å². The summed E-state index contributed by atoms with van der Waals surface area (Å²) in [6, 6.07) is 1.81. The molecule has 0 aliphatic rings. The molecule has 1 heterocycles. The van der Waals surface area contributed by atoms with Crippen molar-refractivity contribution in [2.45, 2.75) is 30.7 Å². The quantitative estimate of drug-likeness (QED) is 0.779. The Morgan fingerprint density at radius 3 is 2.81 bits per heavy atom. The van der Waals surface area contributed by atoms with Crippen molar-refractivity contribution in [3.05, 3.63) is 23.7 Å². The maximum atomic E-state index is 6.18. The summed E-state index contributed by atoms with van der Waals surface area (Å²) in [7, 11) is 12.4. The van der Waals surface area contributed by atoms with Gasteiger partial charge in [-0.3, -0.25) is 0 Å². The van der Waals surface area contributed by atoms with E-state index in [1.807, 2.05) is 19.9 Å². The Bertz CT molecular complexity index is 328. The first-order chi connectivity index (χ1) is 7.46. The summed E-state index contributed by atoms with van der Waals surface area (Å²) in [4.78, 5) is 0. The Morgan fingerprint density at radius 2 is 2.25 bits per heavy atom. The number of hydrogen-bond donors (Lipinski definition) is 1. The SMILES string of the molecule is CC[O][Sn]([Cl])([Cl])[CH2]Cc1ccoc1C(C)N. The van der Waals surface area contributed by atoms with E-state index < -0.39 is 16.5 Å². The van der Waals surface area contributed by atoms with Crippen LogP contribution < -0.4 is 5.73 Å². The second kappa shape index (κ2) is 6.49. The Balaban J connectivity index is 2.57. The van der Waals surface area contributed by atoms with E-state index in [1.54, 1.807) is 6.26 Å². The second-order valence-corrected chi connectivity index (χ2v) is 19.0. The fraction of sp³-hybridized carbons (Fsp3) is 0.600. The molecule has 1 aromatic rings. The third kappa shape index (κ3) is 4.45. The van der Waals surface area contributed by atoms with Gasteiger partial charge in [-0.05, 0) is 0 Å². The van der Waals surface area contributed by atoms with Crippen LogP contribution in [0.2, 0.25) is 4.44 Å². The monoisotopic (exact) mass is 373 g/mol. The molecule has 92 valence electrons. The third-order valence-corrected chi connectivity index (χ3v) is 10.6. The van der Waals surface area contributed by atoms with E-state index in [1.165, 1.54) is 0 Å². The van der Waals surface area contributed by atoms with Gasteiger partial charge in [0.1, 0.15) is 0 Å². The van der Waals surface area contributed by atoms with Crippen molar-refractivity contribution in [1.29, 1.82) is 0 Å². The number of halogens is 2. The average Bonchev–Trinajstić information content (AvgIpc) is 2.62. The van der Waals surface area contributed by atoms with E-state index in [2.05, 4.69) is 0 Å². The van der Waals surface area contributed by atoms with E-state index in [0.717, 1.165) is 17.7 Å². The van der Waals surface area contributed by atoms with Crippen LogP contribution in [-0.2, 0) is 9.49 Å². The van der Waals surface area contributed by atoms with Crippen LogP contribution in [-0.4, -0.2) is 23.1 Å². The van der Waals surface area contributed by atoms with Crippen molar-refractivity contribution in [2.24, 2.45) is 5.73 Å². The summed E-state index contributed by atoms with van der Waals surface area (Å²) in [6.07, 6.45) is 2.42. The molecule has 0 spiro atoms. The summed E-state index contributed by atoms with van der Waals surface area (Å²) in [5.41, 5.74) is 6.86. The van der Waals surface area contributed by atoms with Crippen LogP contribution in [0.25, 0.3) is 0 Å². The van der Waals surface area contributed by atoms with Gasteiger partial charge in [-0.15, -0.1) is 0 Å². The number of hydrogen-bond acceptors (Lipinski definition) is 3. The molecule has 2 N–H and O–H groups in total. The van der Waals surface area contributed by atoms with Crippen LogP contribution in [0.15, 0.2) is 16.7 Å². The molecule has 0 aliphatic carbocycles. The molecular weight excluding hydrogens is 356 g/mol. The number of aryl methyl sites for hydroxylation is 1. The molecule has 6 heteroatoms. The van der Waals surface area contributed by atoms with Crippen LogP contribution in [0, 0.1) is 0 Å². The molecule has 0 saturated carbocycles. The zero-order chi connectivity index (χ0) is 12.2. The second-order valence-electron chi connectivity index (χ2n) is 3.67. The molecule has 0 saturated heterocycles. The van der Waals surface area contributed by atoms with Gasteiger partial charge < -0.3 is 0 Å². The normalized spacial score (nSPS) is 14.1. The molecule has 1 rings (SSSR count). The molecule has 0 aliphatic heterocycles. The Kier molecular flexibility index (Phi) is 5.94.